The van der Waals surface area contributed by atoms with Crippen molar-refractivity contribution in [3.05, 3.63) is 29.8 Å². The molecule has 0 radical (unpaired) electrons. The first-order valence-corrected chi connectivity index (χ1v) is 5.93. The number of hydrogen-bond acceptors (Lipinski definition) is 2. The number of halogens is 3. The van der Waals surface area contributed by atoms with Gasteiger partial charge in [-0.25, -0.2) is 8.78 Å². The molecule has 0 bridgehead atoms. The fraction of sp³-hybridized carbons (Fsp3) is 0.500. The Kier molecular flexibility index (Phi) is 3.84. The molecule has 1 saturated carbocycles. The van der Waals surface area contributed by atoms with Crippen LogP contribution in [0.4, 0.5) is 8.78 Å². The molecule has 5 heteroatoms. The predicted octanol–water partition coefficient (Wildman–Crippen LogP) is 3.13. The van der Waals surface area contributed by atoms with Crippen molar-refractivity contribution in [3.63, 3.8) is 0 Å². The third kappa shape index (κ3) is 2.69. The predicted molar refractivity (Wildman–Crippen MR) is 60.4 cm³/mol. The van der Waals surface area contributed by atoms with Crippen LogP contribution in [0.5, 0.6) is 5.75 Å². The lowest BCUT2D eigenvalue weighted by Gasteiger charge is -2.40. The van der Waals surface area contributed by atoms with Gasteiger partial charge in [0.2, 0.25) is 0 Å². The highest BCUT2D eigenvalue weighted by molar-refractivity contribution is 6.21. The average molecular weight is 263 g/mol. The van der Waals surface area contributed by atoms with Crippen LogP contribution in [-0.4, -0.2) is 24.2 Å². The van der Waals surface area contributed by atoms with Gasteiger partial charge in [-0.2, -0.15) is 0 Å². The highest BCUT2D eigenvalue weighted by Crippen LogP contribution is 2.33. The van der Waals surface area contributed by atoms with Crippen molar-refractivity contribution in [1.82, 2.24) is 0 Å². The molecule has 1 aliphatic carbocycles. The molecule has 0 saturated heterocycles. The van der Waals surface area contributed by atoms with Gasteiger partial charge in [0.05, 0.1) is 5.38 Å². The fourth-order valence-electron chi connectivity index (χ4n) is 1.78. The van der Waals surface area contributed by atoms with Crippen LogP contribution in [-0.2, 0) is 4.74 Å². The molecule has 0 aromatic heterocycles. The summed E-state index contributed by atoms with van der Waals surface area (Å²) in [6, 6.07) is 3.12. The lowest BCUT2D eigenvalue weighted by molar-refractivity contribution is -0.0771. The number of benzene rings is 1. The summed E-state index contributed by atoms with van der Waals surface area (Å²) in [5.41, 5.74) is 0. The topological polar surface area (TPSA) is 18.5 Å². The maximum absolute atomic E-state index is 13.3. The zero-order valence-corrected chi connectivity index (χ0v) is 10.1. The summed E-state index contributed by atoms with van der Waals surface area (Å²) < 4.78 is 37.0. The molecule has 1 fully saturated rings. The van der Waals surface area contributed by atoms with E-state index < -0.39 is 11.6 Å². The molecule has 1 aromatic carbocycles. The molecule has 1 aromatic rings. The summed E-state index contributed by atoms with van der Waals surface area (Å²) in [6.07, 6.45) is 0.000384. The number of ether oxygens (including phenoxy) is 2. The molecule has 0 N–H and O–H groups in total. The second kappa shape index (κ2) is 5.19. The van der Waals surface area contributed by atoms with E-state index in [9.17, 15) is 8.78 Å². The van der Waals surface area contributed by atoms with Crippen molar-refractivity contribution in [2.24, 2.45) is 0 Å². The van der Waals surface area contributed by atoms with E-state index in [1.807, 2.05) is 6.92 Å². The van der Waals surface area contributed by atoms with Gasteiger partial charge in [0.1, 0.15) is 18.0 Å². The number of alkyl halides is 1. The summed E-state index contributed by atoms with van der Waals surface area (Å²) in [7, 11) is 0. The van der Waals surface area contributed by atoms with Crippen LogP contribution < -0.4 is 4.74 Å². The van der Waals surface area contributed by atoms with Gasteiger partial charge in [-0.1, -0.05) is 0 Å². The first-order valence-electron chi connectivity index (χ1n) is 5.49. The monoisotopic (exact) mass is 262 g/mol. The normalized spacial score (nSPS) is 27.6. The lowest BCUT2D eigenvalue weighted by atomic mass is 9.91. The van der Waals surface area contributed by atoms with E-state index in [0.29, 0.717) is 13.0 Å². The van der Waals surface area contributed by atoms with E-state index in [0.717, 1.165) is 18.2 Å². The maximum Gasteiger partial charge on any atom is 0.165 e. The zero-order chi connectivity index (χ0) is 12.4. The molecule has 94 valence electrons. The molecular weight excluding hydrogens is 250 g/mol. The van der Waals surface area contributed by atoms with Crippen LogP contribution in [0.1, 0.15) is 13.3 Å². The molecular formula is C12H13ClF2O2. The maximum atomic E-state index is 13.3. The minimum Gasteiger partial charge on any atom is -0.484 e. The van der Waals surface area contributed by atoms with Gasteiger partial charge in [0.25, 0.3) is 0 Å². The Bertz CT molecular complexity index is 400. The van der Waals surface area contributed by atoms with Crippen LogP contribution in [0.25, 0.3) is 0 Å². The van der Waals surface area contributed by atoms with E-state index in [2.05, 4.69) is 0 Å². The average Bonchev–Trinajstić information content (AvgIpc) is 2.30. The molecule has 3 atom stereocenters. The third-order valence-electron chi connectivity index (χ3n) is 2.71. The van der Waals surface area contributed by atoms with E-state index in [1.165, 1.54) is 0 Å². The van der Waals surface area contributed by atoms with Crippen molar-refractivity contribution >= 4 is 11.6 Å². The summed E-state index contributed by atoms with van der Waals surface area (Å²) >= 11 is 5.95. The van der Waals surface area contributed by atoms with Gasteiger partial charge in [-0.05, 0) is 19.1 Å². The van der Waals surface area contributed by atoms with Gasteiger partial charge < -0.3 is 9.47 Å². The smallest absolute Gasteiger partial charge is 0.165 e. The summed E-state index contributed by atoms with van der Waals surface area (Å²) in [5, 5.41) is -0.128. The summed E-state index contributed by atoms with van der Waals surface area (Å²) in [4.78, 5) is 0. The minimum atomic E-state index is -0.584. The van der Waals surface area contributed by atoms with E-state index in [-0.39, 0.29) is 23.3 Å². The summed E-state index contributed by atoms with van der Waals surface area (Å²) in [6.45, 7) is 2.36. The van der Waals surface area contributed by atoms with Crippen LogP contribution in [0, 0.1) is 11.6 Å². The Balaban J connectivity index is 2.03. The second-order valence-electron chi connectivity index (χ2n) is 3.90. The van der Waals surface area contributed by atoms with E-state index in [4.69, 9.17) is 21.1 Å². The van der Waals surface area contributed by atoms with Crippen molar-refractivity contribution in [3.8, 4) is 5.75 Å². The molecule has 2 nitrogen and oxygen atoms in total. The molecule has 0 amide bonds. The first-order chi connectivity index (χ1) is 8.11. The van der Waals surface area contributed by atoms with Gasteiger partial charge >= 0.3 is 0 Å². The van der Waals surface area contributed by atoms with Crippen LogP contribution in [0.3, 0.4) is 0 Å². The van der Waals surface area contributed by atoms with Crippen LogP contribution >= 0.6 is 11.6 Å². The SMILES string of the molecule is CCOC1C(Cl)CC1Oc1cc(F)ccc1F. The highest BCUT2D eigenvalue weighted by atomic mass is 35.5. The van der Waals surface area contributed by atoms with E-state index in [1.54, 1.807) is 0 Å². The Morgan fingerprint density at radius 3 is 2.82 bits per heavy atom. The molecule has 0 heterocycles. The molecule has 1 aliphatic rings. The third-order valence-corrected chi connectivity index (χ3v) is 3.14. The number of hydrogen-bond donors (Lipinski definition) is 0. The standard InChI is InChI=1S/C12H13ClF2O2/c1-2-16-12-8(13)6-11(12)17-10-5-7(14)3-4-9(10)15/h3-5,8,11-12H,2,6H2,1H3. The highest BCUT2D eigenvalue weighted by Gasteiger charge is 2.42. The van der Waals surface area contributed by atoms with Gasteiger partial charge in [0.15, 0.2) is 11.6 Å². The lowest BCUT2D eigenvalue weighted by Crippen LogP contribution is -2.52. The molecule has 17 heavy (non-hydrogen) atoms. The Morgan fingerprint density at radius 2 is 2.18 bits per heavy atom. The van der Waals surface area contributed by atoms with Gasteiger partial charge in [-0.3, -0.25) is 0 Å². The van der Waals surface area contributed by atoms with Crippen molar-refractivity contribution in [1.29, 1.82) is 0 Å². The Hall–Kier alpha value is -0.870. The summed E-state index contributed by atoms with van der Waals surface area (Å²) in [5.74, 6) is -1.21. The van der Waals surface area contributed by atoms with E-state index >= 15 is 0 Å². The zero-order valence-electron chi connectivity index (χ0n) is 9.33. The fourth-order valence-corrected chi connectivity index (χ4v) is 2.19. The molecule has 2 rings (SSSR count). The molecule has 3 unspecified atom stereocenters. The Labute approximate surface area is 103 Å². The largest absolute Gasteiger partial charge is 0.484 e. The van der Waals surface area contributed by atoms with Crippen molar-refractivity contribution in [2.45, 2.75) is 30.9 Å². The van der Waals surface area contributed by atoms with Crippen LogP contribution in [0.2, 0.25) is 0 Å². The van der Waals surface area contributed by atoms with Crippen molar-refractivity contribution < 1.29 is 18.3 Å². The van der Waals surface area contributed by atoms with Crippen LogP contribution in [0.15, 0.2) is 18.2 Å². The van der Waals surface area contributed by atoms with Gasteiger partial charge in [-0.15, -0.1) is 11.6 Å². The minimum absolute atomic E-state index is 0.0942. The molecule has 0 aliphatic heterocycles. The quantitative estimate of drug-likeness (QED) is 0.776. The molecule has 0 spiro atoms. The Morgan fingerprint density at radius 1 is 1.41 bits per heavy atom. The van der Waals surface area contributed by atoms with Crippen molar-refractivity contribution in [2.75, 3.05) is 6.61 Å². The first kappa shape index (κ1) is 12.6. The van der Waals surface area contributed by atoms with Gasteiger partial charge in [0, 0.05) is 19.1 Å². The second-order valence-corrected chi connectivity index (χ2v) is 4.46. The number of rotatable bonds is 4.